The molecule has 25 heavy (non-hydrogen) atoms. The second kappa shape index (κ2) is 8.73. The zero-order valence-electron chi connectivity index (χ0n) is 14.3. The lowest BCUT2D eigenvalue weighted by molar-refractivity contribution is 0.0697. The largest absolute Gasteiger partial charge is 0.493 e. The molecule has 6 heteroatoms. The highest BCUT2D eigenvalue weighted by Crippen LogP contribution is 2.22. The summed E-state index contributed by atoms with van der Waals surface area (Å²) < 4.78 is 5.78. The van der Waals surface area contributed by atoms with Crippen molar-refractivity contribution >= 4 is 17.7 Å². The van der Waals surface area contributed by atoms with E-state index in [-0.39, 0.29) is 11.6 Å². The molecule has 0 radical (unpaired) electrons. The van der Waals surface area contributed by atoms with Gasteiger partial charge in [0.25, 0.3) is 0 Å². The van der Waals surface area contributed by atoms with E-state index in [1.165, 1.54) is 12.1 Å². The number of carbonyl (C=O) groups excluding carboxylic acids is 1. The first-order valence-electron chi connectivity index (χ1n) is 8.04. The highest BCUT2D eigenvalue weighted by molar-refractivity contribution is 5.91. The van der Waals surface area contributed by atoms with Crippen LogP contribution in [-0.4, -0.2) is 30.3 Å². The van der Waals surface area contributed by atoms with Crippen molar-refractivity contribution < 1.29 is 19.4 Å². The summed E-state index contributed by atoms with van der Waals surface area (Å²) in [6, 6.07) is 11.6. The monoisotopic (exact) mass is 342 g/mol. The highest BCUT2D eigenvalue weighted by Gasteiger charge is 2.05. The summed E-state index contributed by atoms with van der Waals surface area (Å²) in [7, 11) is 0. The third kappa shape index (κ3) is 5.53. The van der Waals surface area contributed by atoms with E-state index in [1.54, 1.807) is 12.1 Å². The Labute approximate surface area is 146 Å². The number of benzene rings is 2. The fourth-order valence-electron chi connectivity index (χ4n) is 2.35. The summed E-state index contributed by atoms with van der Waals surface area (Å²) in [5.41, 5.74) is 2.90. The Bertz CT molecular complexity index is 721. The molecule has 0 bridgehead atoms. The van der Waals surface area contributed by atoms with Crippen molar-refractivity contribution in [3.05, 3.63) is 59.2 Å². The first-order valence-corrected chi connectivity index (χ1v) is 8.04. The molecule has 0 saturated heterocycles. The van der Waals surface area contributed by atoms with Gasteiger partial charge in [0.05, 0.1) is 12.2 Å². The Morgan fingerprint density at radius 3 is 2.28 bits per heavy atom. The lowest BCUT2D eigenvalue weighted by Gasteiger charge is -2.12. The molecule has 132 valence electrons. The topological polar surface area (TPSA) is 87.7 Å². The zero-order valence-corrected chi connectivity index (χ0v) is 14.3. The van der Waals surface area contributed by atoms with Gasteiger partial charge in [-0.2, -0.15) is 0 Å². The molecule has 0 heterocycles. The Balaban J connectivity index is 1.69. The van der Waals surface area contributed by atoms with Crippen LogP contribution in [0, 0.1) is 13.8 Å². The molecular weight excluding hydrogens is 320 g/mol. The number of nitrogens with one attached hydrogen (secondary N) is 2. The van der Waals surface area contributed by atoms with Gasteiger partial charge in [0.15, 0.2) is 0 Å². The number of carboxylic acids is 1. The fraction of sp³-hybridized carbons (Fsp3) is 0.263. The van der Waals surface area contributed by atoms with Crippen LogP contribution in [0.25, 0.3) is 0 Å². The van der Waals surface area contributed by atoms with Crippen LogP contribution in [0.5, 0.6) is 5.75 Å². The summed E-state index contributed by atoms with van der Waals surface area (Å²) in [6.45, 7) is 5.00. The van der Waals surface area contributed by atoms with Crippen LogP contribution in [-0.2, 0) is 0 Å². The number of hydrogen-bond acceptors (Lipinski definition) is 3. The number of rotatable bonds is 7. The molecule has 0 aliphatic rings. The van der Waals surface area contributed by atoms with Gasteiger partial charge in [-0.15, -0.1) is 0 Å². The lowest BCUT2D eigenvalue weighted by atomic mass is 10.1. The van der Waals surface area contributed by atoms with E-state index in [4.69, 9.17) is 9.84 Å². The Kier molecular flexibility index (Phi) is 6.39. The molecule has 0 aromatic heterocycles. The van der Waals surface area contributed by atoms with Gasteiger partial charge in [0.1, 0.15) is 5.75 Å². The van der Waals surface area contributed by atoms with Crippen molar-refractivity contribution in [2.75, 3.05) is 18.5 Å². The standard InChI is InChI=1S/C19H22N2O4/c1-13-5-3-6-14(2)17(13)25-12-4-11-20-19(24)21-16-9-7-15(8-10-16)18(22)23/h3,5-10H,4,11-12H2,1-2H3,(H,22,23)(H2,20,21,24). The number of anilines is 1. The molecular formula is C19H22N2O4. The maximum absolute atomic E-state index is 11.8. The minimum absolute atomic E-state index is 0.176. The number of aryl methyl sites for hydroxylation is 2. The van der Waals surface area contributed by atoms with Crippen molar-refractivity contribution in [3.8, 4) is 5.75 Å². The normalized spacial score (nSPS) is 10.2. The third-order valence-corrected chi connectivity index (χ3v) is 3.65. The van der Waals surface area contributed by atoms with Crippen molar-refractivity contribution in [2.45, 2.75) is 20.3 Å². The predicted molar refractivity (Wildman–Crippen MR) is 96.5 cm³/mol. The van der Waals surface area contributed by atoms with E-state index < -0.39 is 5.97 Å². The number of hydrogen-bond donors (Lipinski definition) is 3. The number of para-hydroxylation sites is 1. The minimum Gasteiger partial charge on any atom is -0.493 e. The Morgan fingerprint density at radius 1 is 1.04 bits per heavy atom. The van der Waals surface area contributed by atoms with Gasteiger partial charge in [0, 0.05) is 12.2 Å². The first-order chi connectivity index (χ1) is 12.0. The highest BCUT2D eigenvalue weighted by atomic mass is 16.5. The maximum Gasteiger partial charge on any atom is 0.335 e. The maximum atomic E-state index is 11.8. The molecule has 2 aromatic rings. The summed E-state index contributed by atoms with van der Waals surface area (Å²) in [4.78, 5) is 22.6. The van der Waals surface area contributed by atoms with Crippen LogP contribution in [0.1, 0.15) is 27.9 Å². The van der Waals surface area contributed by atoms with Gasteiger partial charge < -0.3 is 20.5 Å². The van der Waals surface area contributed by atoms with Crippen LogP contribution < -0.4 is 15.4 Å². The van der Waals surface area contributed by atoms with Crippen molar-refractivity contribution in [1.29, 1.82) is 0 Å². The smallest absolute Gasteiger partial charge is 0.335 e. The van der Waals surface area contributed by atoms with Crippen LogP contribution in [0.2, 0.25) is 0 Å². The second-order valence-corrected chi connectivity index (χ2v) is 5.69. The van der Waals surface area contributed by atoms with E-state index in [1.807, 2.05) is 32.0 Å². The van der Waals surface area contributed by atoms with Crippen LogP contribution >= 0.6 is 0 Å². The Morgan fingerprint density at radius 2 is 1.68 bits per heavy atom. The summed E-state index contributed by atoms with van der Waals surface area (Å²) in [6.07, 6.45) is 0.680. The van der Waals surface area contributed by atoms with Gasteiger partial charge in [-0.25, -0.2) is 9.59 Å². The number of amides is 2. The van der Waals surface area contributed by atoms with E-state index in [0.717, 1.165) is 16.9 Å². The molecule has 0 unspecified atom stereocenters. The molecule has 3 N–H and O–H groups in total. The molecule has 0 spiro atoms. The average molecular weight is 342 g/mol. The van der Waals surface area contributed by atoms with Gasteiger partial charge in [-0.05, 0) is 55.7 Å². The zero-order chi connectivity index (χ0) is 18.2. The SMILES string of the molecule is Cc1cccc(C)c1OCCCNC(=O)Nc1ccc(C(=O)O)cc1. The predicted octanol–water partition coefficient (Wildman–Crippen LogP) is 3.59. The van der Waals surface area contributed by atoms with E-state index in [2.05, 4.69) is 10.6 Å². The van der Waals surface area contributed by atoms with Gasteiger partial charge in [-0.3, -0.25) is 0 Å². The summed E-state index contributed by atoms with van der Waals surface area (Å²) in [5, 5.41) is 14.2. The number of carbonyl (C=O) groups is 2. The van der Waals surface area contributed by atoms with Crippen molar-refractivity contribution in [2.24, 2.45) is 0 Å². The van der Waals surface area contributed by atoms with E-state index in [0.29, 0.717) is 25.3 Å². The molecule has 0 fully saturated rings. The average Bonchev–Trinajstić information content (AvgIpc) is 2.57. The van der Waals surface area contributed by atoms with Gasteiger partial charge in [0.2, 0.25) is 0 Å². The minimum atomic E-state index is -1.00. The molecule has 0 aliphatic heterocycles. The molecule has 2 amide bonds. The van der Waals surface area contributed by atoms with Crippen LogP contribution in [0.15, 0.2) is 42.5 Å². The molecule has 0 saturated carbocycles. The van der Waals surface area contributed by atoms with Crippen LogP contribution in [0.3, 0.4) is 0 Å². The van der Waals surface area contributed by atoms with Crippen LogP contribution in [0.4, 0.5) is 10.5 Å². The summed E-state index contributed by atoms with van der Waals surface area (Å²) in [5.74, 6) is -0.106. The molecule has 0 aliphatic carbocycles. The number of urea groups is 1. The van der Waals surface area contributed by atoms with E-state index in [9.17, 15) is 9.59 Å². The number of aromatic carboxylic acids is 1. The van der Waals surface area contributed by atoms with Crippen molar-refractivity contribution in [1.82, 2.24) is 5.32 Å². The number of ether oxygens (including phenoxy) is 1. The number of carboxylic acid groups (broad SMARTS) is 1. The molecule has 0 atom stereocenters. The second-order valence-electron chi connectivity index (χ2n) is 5.69. The molecule has 2 rings (SSSR count). The first kappa shape index (κ1) is 18.3. The molecule has 6 nitrogen and oxygen atoms in total. The quantitative estimate of drug-likeness (QED) is 0.671. The van der Waals surface area contributed by atoms with Crippen molar-refractivity contribution in [3.63, 3.8) is 0 Å². The fourth-order valence-corrected chi connectivity index (χ4v) is 2.35. The van der Waals surface area contributed by atoms with E-state index >= 15 is 0 Å². The Hall–Kier alpha value is -3.02. The van der Waals surface area contributed by atoms with Gasteiger partial charge in [-0.1, -0.05) is 18.2 Å². The third-order valence-electron chi connectivity index (χ3n) is 3.65. The lowest BCUT2D eigenvalue weighted by Crippen LogP contribution is -2.30. The summed E-state index contributed by atoms with van der Waals surface area (Å²) >= 11 is 0. The molecule has 2 aromatic carbocycles. The van der Waals surface area contributed by atoms with Gasteiger partial charge >= 0.3 is 12.0 Å².